The van der Waals surface area contributed by atoms with Crippen LogP contribution in [0.1, 0.15) is 10.4 Å². The lowest BCUT2D eigenvalue weighted by Crippen LogP contribution is -2.49. The molecule has 0 N–H and O–H groups in total. The van der Waals surface area contributed by atoms with Crippen molar-refractivity contribution in [3.05, 3.63) is 64.7 Å². The van der Waals surface area contributed by atoms with E-state index in [4.69, 9.17) is 16.3 Å². The van der Waals surface area contributed by atoms with Crippen molar-refractivity contribution in [1.29, 1.82) is 0 Å². The van der Waals surface area contributed by atoms with E-state index in [0.717, 1.165) is 0 Å². The first kappa shape index (κ1) is 18.6. The van der Waals surface area contributed by atoms with Crippen LogP contribution in [0.5, 0.6) is 5.75 Å². The van der Waals surface area contributed by atoms with Gasteiger partial charge in [0.05, 0.1) is 10.6 Å². The van der Waals surface area contributed by atoms with Crippen molar-refractivity contribution in [2.24, 2.45) is 0 Å². The Bertz CT molecular complexity index is 760. The van der Waals surface area contributed by atoms with Gasteiger partial charge in [0.25, 0.3) is 5.91 Å². The molecule has 1 fully saturated rings. The van der Waals surface area contributed by atoms with E-state index in [1.165, 1.54) is 24.3 Å². The minimum Gasteiger partial charge on any atom is -0.489 e. The van der Waals surface area contributed by atoms with Gasteiger partial charge >= 0.3 is 0 Å². The van der Waals surface area contributed by atoms with Crippen LogP contribution in [0.25, 0.3) is 0 Å². The van der Waals surface area contributed by atoms with Gasteiger partial charge in [-0.3, -0.25) is 9.69 Å². The first-order chi connectivity index (χ1) is 12.6. The van der Waals surface area contributed by atoms with Gasteiger partial charge in [0, 0.05) is 32.7 Å². The zero-order valence-corrected chi connectivity index (χ0v) is 14.9. The maximum atomic E-state index is 13.9. The van der Waals surface area contributed by atoms with E-state index < -0.39 is 11.7 Å². The van der Waals surface area contributed by atoms with E-state index in [9.17, 15) is 13.6 Å². The van der Waals surface area contributed by atoms with Gasteiger partial charge in [0.2, 0.25) is 0 Å². The SMILES string of the molecule is O=C(c1c(F)cccc1Cl)N1CCN(CCOc2ccccc2F)CC1. The fourth-order valence-corrected chi connectivity index (χ4v) is 3.13. The lowest BCUT2D eigenvalue weighted by atomic mass is 10.1. The molecule has 7 heteroatoms. The molecule has 4 nitrogen and oxygen atoms in total. The highest BCUT2D eigenvalue weighted by atomic mass is 35.5. The van der Waals surface area contributed by atoms with Crippen LogP contribution in [-0.2, 0) is 0 Å². The highest BCUT2D eigenvalue weighted by Gasteiger charge is 2.25. The van der Waals surface area contributed by atoms with Crippen molar-refractivity contribution in [1.82, 2.24) is 9.80 Å². The monoisotopic (exact) mass is 380 g/mol. The van der Waals surface area contributed by atoms with E-state index in [0.29, 0.717) is 39.3 Å². The van der Waals surface area contributed by atoms with Gasteiger partial charge in [-0.25, -0.2) is 8.78 Å². The minimum atomic E-state index is -0.608. The number of nitrogens with zero attached hydrogens (tertiary/aromatic N) is 2. The number of rotatable bonds is 5. The summed E-state index contributed by atoms with van der Waals surface area (Å²) in [5, 5.41) is 0.121. The quantitative estimate of drug-likeness (QED) is 0.796. The van der Waals surface area contributed by atoms with E-state index in [2.05, 4.69) is 4.90 Å². The van der Waals surface area contributed by atoms with Crippen LogP contribution in [0.3, 0.4) is 0 Å². The number of ether oxygens (including phenoxy) is 1. The molecule has 0 radical (unpaired) electrons. The molecule has 1 saturated heterocycles. The van der Waals surface area contributed by atoms with Crippen molar-refractivity contribution in [2.45, 2.75) is 0 Å². The molecule has 0 spiro atoms. The number of carbonyl (C=O) groups is 1. The Morgan fingerprint density at radius 3 is 2.38 bits per heavy atom. The normalized spacial score (nSPS) is 15.1. The lowest BCUT2D eigenvalue weighted by Gasteiger charge is -2.34. The Hall–Kier alpha value is -2.18. The smallest absolute Gasteiger partial charge is 0.258 e. The zero-order chi connectivity index (χ0) is 18.5. The minimum absolute atomic E-state index is 0.0782. The summed E-state index contributed by atoms with van der Waals surface area (Å²) < 4.78 is 32.9. The molecule has 0 saturated carbocycles. The zero-order valence-electron chi connectivity index (χ0n) is 14.1. The molecule has 3 rings (SSSR count). The van der Waals surface area contributed by atoms with Crippen LogP contribution in [-0.4, -0.2) is 55.0 Å². The summed E-state index contributed by atoms with van der Waals surface area (Å²) >= 11 is 5.97. The van der Waals surface area contributed by atoms with Crippen molar-refractivity contribution in [2.75, 3.05) is 39.3 Å². The summed E-state index contributed by atoms with van der Waals surface area (Å²) in [6, 6.07) is 10.5. The number of benzene rings is 2. The summed E-state index contributed by atoms with van der Waals surface area (Å²) in [6.45, 7) is 3.20. The molecule has 0 atom stereocenters. The molecule has 26 heavy (non-hydrogen) atoms. The van der Waals surface area contributed by atoms with Gasteiger partial charge in [0.15, 0.2) is 11.6 Å². The molecule has 2 aromatic rings. The topological polar surface area (TPSA) is 32.8 Å². The van der Waals surface area contributed by atoms with Crippen LogP contribution in [0.4, 0.5) is 8.78 Å². The van der Waals surface area contributed by atoms with E-state index in [1.807, 2.05) is 0 Å². The third kappa shape index (κ3) is 4.31. The van der Waals surface area contributed by atoms with Gasteiger partial charge in [-0.05, 0) is 24.3 Å². The lowest BCUT2D eigenvalue weighted by molar-refractivity contribution is 0.0615. The van der Waals surface area contributed by atoms with Crippen molar-refractivity contribution < 1.29 is 18.3 Å². The van der Waals surface area contributed by atoms with E-state index in [1.54, 1.807) is 23.1 Å². The third-order valence-corrected chi connectivity index (χ3v) is 4.65. The summed E-state index contributed by atoms with van der Waals surface area (Å²) in [4.78, 5) is 16.2. The standard InChI is InChI=1S/C19H19ClF2N2O2/c20-14-4-3-6-16(22)18(14)19(25)24-10-8-23(9-11-24)12-13-26-17-7-2-1-5-15(17)21/h1-7H,8-13H2. The fourth-order valence-electron chi connectivity index (χ4n) is 2.88. The van der Waals surface area contributed by atoms with Crippen LogP contribution >= 0.6 is 11.6 Å². The molecule has 138 valence electrons. The average molecular weight is 381 g/mol. The van der Waals surface area contributed by atoms with Crippen molar-refractivity contribution in [3.8, 4) is 5.75 Å². The summed E-state index contributed by atoms with van der Waals surface area (Å²) in [5.41, 5.74) is -0.0782. The Balaban J connectivity index is 1.48. The second-order valence-corrected chi connectivity index (χ2v) is 6.42. The van der Waals surface area contributed by atoms with Crippen LogP contribution in [0.15, 0.2) is 42.5 Å². The van der Waals surface area contributed by atoms with Crippen molar-refractivity contribution >= 4 is 17.5 Å². The average Bonchev–Trinajstić information content (AvgIpc) is 2.63. The van der Waals surface area contributed by atoms with Gasteiger partial charge in [-0.1, -0.05) is 29.8 Å². The summed E-state index contributed by atoms with van der Waals surface area (Å²) in [7, 11) is 0. The number of hydrogen-bond donors (Lipinski definition) is 0. The Morgan fingerprint density at radius 1 is 1.00 bits per heavy atom. The molecule has 0 bridgehead atoms. The van der Waals surface area contributed by atoms with Gasteiger partial charge in [-0.2, -0.15) is 0 Å². The molecular formula is C19H19ClF2N2O2. The van der Waals surface area contributed by atoms with Crippen LogP contribution < -0.4 is 4.74 Å². The number of hydrogen-bond acceptors (Lipinski definition) is 3. The second kappa shape index (κ2) is 8.47. The summed E-state index contributed by atoms with van der Waals surface area (Å²) in [5.74, 6) is -1.15. The number of piperazine rings is 1. The first-order valence-electron chi connectivity index (χ1n) is 8.39. The predicted molar refractivity (Wildman–Crippen MR) is 95.6 cm³/mol. The largest absolute Gasteiger partial charge is 0.489 e. The highest BCUT2D eigenvalue weighted by molar-refractivity contribution is 6.33. The number of carbonyl (C=O) groups excluding carboxylic acids is 1. The molecule has 1 heterocycles. The second-order valence-electron chi connectivity index (χ2n) is 6.01. The molecule has 2 aromatic carbocycles. The molecule has 0 aromatic heterocycles. The predicted octanol–water partition coefficient (Wildman–Crippen LogP) is 3.46. The number of halogens is 3. The fraction of sp³-hybridized carbons (Fsp3) is 0.316. The third-order valence-electron chi connectivity index (χ3n) is 4.34. The van der Waals surface area contributed by atoms with Crippen LogP contribution in [0, 0.1) is 11.6 Å². The Labute approximate surface area is 155 Å². The van der Waals surface area contributed by atoms with Gasteiger partial charge in [-0.15, -0.1) is 0 Å². The molecule has 1 amide bonds. The van der Waals surface area contributed by atoms with Crippen molar-refractivity contribution in [3.63, 3.8) is 0 Å². The molecule has 1 aliphatic rings. The molecule has 0 unspecified atom stereocenters. The Kier molecular flexibility index (Phi) is 6.06. The molecular weight excluding hydrogens is 362 g/mol. The first-order valence-corrected chi connectivity index (χ1v) is 8.77. The van der Waals surface area contributed by atoms with Gasteiger partial charge < -0.3 is 9.64 Å². The highest BCUT2D eigenvalue weighted by Crippen LogP contribution is 2.21. The molecule has 0 aliphatic carbocycles. The maximum Gasteiger partial charge on any atom is 0.258 e. The Morgan fingerprint density at radius 2 is 1.69 bits per heavy atom. The number of para-hydroxylation sites is 1. The maximum absolute atomic E-state index is 13.9. The summed E-state index contributed by atoms with van der Waals surface area (Å²) in [6.07, 6.45) is 0. The van der Waals surface area contributed by atoms with Gasteiger partial charge in [0.1, 0.15) is 12.4 Å². The molecule has 1 aliphatic heterocycles. The number of amides is 1. The van der Waals surface area contributed by atoms with E-state index in [-0.39, 0.29) is 22.2 Å². The van der Waals surface area contributed by atoms with E-state index >= 15 is 0 Å². The van der Waals surface area contributed by atoms with Crippen LogP contribution in [0.2, 0.25) is 5.02 Å².